The van der Waals surface area contributed by atoms with Crippen LogP contribution in [-0.4, -0.2) is 37.2 Å². The van der Waals surface area contributed by atoms with E-state index in [2.05, 4.69) is 34.6 Å². The summed E-state index contributed by atoms with van der Waals surface area (Å²) in [6.07, 6.45) is 53.8. The molecule has 0 bridgehead atoms. The molecule has 2 atom stereocenters. The molecule has 380 valence electrons. The normalized spacial score (nSPS) is 12.5. The van der Waals surface area contributed by atoms with E-state index in [0.717, 1.165) is 69.6 Å². The van der Waals surface area contributed by atoms with E-state index in [1.807, 2.05) is 0 Å². The molecule has 0 aliphatic carbocycles. The molecule has 64 heavy (non-hydrogen) atoms. The van der Waals surface area contributed by atoms with Crippen LogP contribution in [0.1, 0.15) is 324 Å². The fraction of sp³-hybridized carbons (Fsp3) is 0.948. The van der Waals surface area contributed by atoms with Crippen LogP contribution in [0.4, 0.5) is 0 Å². The number of carbonyl (C=O) groups excluding carboxylic acids is 3. The van der Waals surface area contributed by atoms with Crippen LogP contribution in [0.25, 0.3) is 0 Å². The Labute approximate surface area is 399 Å². The Hall–Kier alpha value is -1.59. The first kappa shape index (κ1) is 62.4. The molecule has 0 rings (SSSR count). The van der Waals surface area contributed by atoms with Gasteiger partial charge in [-0.3, -0.25) is 14.4 Å². The summed E-state index contributed by atoms with van der Waals surface area (Å²) in [5.41, 5.74) is 0. The van der Waals surface area contributed by atoms with E-state index >= 15 is 0 Å². The van der Waals surface area contributed by atoms with Crippen molar-refractivity contribution in [3.63, 3.8) is 0 Å². The van der Waals surface area contributed by atoms with E-state index in [-0.39, 0.29) is 31.1 Å². The van der Waals surface area contributed by atoms with Crippen molar-refractivity contribution in [2.45, 2.75) is 330 Å². The molecule has 0 amide bonds. The Kier molecular flexibility index (Phi) is 49.6. The molecule has 0 aromatic carbocycles. The Bertz CT molecular complexity index is 980. The Morgan fingerprint density at radius 3 is 0.891 bits per heavy atom. The van der Waals surface area contributed by atoms with Gasteiger partial charge in [0, 0.05) is 19.3 Å². The quantitative estimate of drug-likeness (QED) is 0.0344. The second-order valence-corrected chi connectivity index (χ2v) is 20.6. The van der Waals surface area contributed by atoms with E-state index in [0.29, 0.717) is 19.3 Å². The number of hydrogen-bond acceptors (Lipinski definition) is 6. The van der Waals surface area contributed by atoms with Gasteiger partial charge in [0.1, 0.15) is 13.2 Å². The lowest BCUT2D eigenvalue weighted by Crippen LogP contribution is -2.30. The van der Waals surface area contributed by atoms with Gasteiger partial charge in [-0.05, 0) is 31.1 Å². The third-order valence-electron chi connectivity index (χ3n) is 13.6. The second kappa shape index (κ2) is 50.8. The van der Waals surface area contributed by atoms with Crippen molar-refractivity contribution in [1.29, 1.82) is 0 Å². The molecule has 0 fully saturated rings. The summed E-state index contributed by atoms with van der Waals surface area (Å²) < 4.78 is 16.9. The highest BCUT2D eigenvalue weighted by Gasteiger charge is 2.19. The zero-order valence-electron chi connectivity index (χ0n) is 43.9. The maximum absolute atomic E-state index is 12.8. The van der Waals surface area contributed by atoms with Gasteiger partial charge in [0.25, 0.3) is 0 Å². The first-order valence-electron chi connectivity index (χ1n) is 28.8. The zero-order valence-corrected chi connectivity index (χ0v) is 43.9. The number of ether oxygens (including phenoxy) is 3. The first-order valence-corrected chi connectivity index (χ1v) is 28.8. The minimum Gasteiger partial charge on any atom is -0.462 e. The Balaban J connectivity index is 4.27. The summed E-state index contributed by atoms with van der Waals surface area (Å²) in [6.45, 7) is 11.4. The lowest BCUT2D eigenvalue weighted by molar-refractivity contribution is -0.167. The highest BCUT2D eigenvalue weighted by molar-refractivity contribution is 5.71. The van der Waals surface area contributed by atoms with Gasteiger partial charge in [-0.15, -0.1) is 0 Å². The fourth-order valence-electron chi connectivity index (χ4n) is 8.84. The summed E-state index contributed by atoms with van der Waals surface area (Å²) >= 11 is 0. The summed E-state index contributed by atoms with van der Waals surface area (Å²) in [5.74, 6) is 0.837. The van der Waals surface area contributed by atoms with Crippen molar-refractivity contribution in [3.05, 3.63) is 0 Å². The molecule has 0 heterocycles. The monoisotopic (exact) mass is 905 g/mol. The van der Waals surface area contributed by atoms with Crippen molar-refractivity contribution in [3.8, 4) is 0 Å². The van der Waals surface area contributed by atoms with Gasteiger partial charge in [0.05, 0.1) is 0 Å². The molecule has 0 saturated heterocycles. The average molecular weight is 906 g/mol. The van der Waals surface area contributed by atoms with E-state index in [9.17, 15) is 14.4 Å². The Morgan fingerprint density at radius 1 is 0.328 bits per heavy atom. The summed E-state index contributed by atoms with van der Waals surface area (Å²) in [6, 6.07) is 0. The number of carbonyl (C=O) groups is 3. The van der Waals surface area contributed by atoms with Crippen LogP contribution in [0.3, 0.4) is 0 Å². The largest absolute Gasteiger partial charge is 0.462 e. The third-order valence-corrected chi connectivity index (χ3v) is 13.6. The molecule has 0 aromatic heterocycles. The van der Waals surface area contributed by atoms with Gasteiger partial charge in [0.2, 0.25) is 0 Å². The van der Waals surface area contributed by atoms with E-state index in [1.54, 1.807) is 0 Å². The molecule has 6 heteroatoms. The molecule has 0 radical (unpaired) electrons. The predicted molar refractivity (Wildman–Crippen MR) is 275 cm³/mol. The molecule has 0 N–H and O–H groups in total. The molecule has 0 aromatic rings. The van der Waals surface area contributed by atoms with Gasteiger partial charge in [-0.1, -0.05) is 285 Å². The summed E-state index contributed by atoms with van der Waals surface area (Å²) in [5, 5.41) is 0. The molecule has 0 spiro atoms. The van der Waals surface area contributed by atoms with Crippen LogP contribution in [0, 0.1) is 11.8 Å². The van der Waals surface area contributed by atoms with E-state index < -0.39 is 6.10 Å². The lowest BCUT2D eigenvalue weighted by atomic mass is 9.99. The highest BCUT2D eigenvalue weighted by Crippen LogP contribution is 2.18. The zero-order chi connectivity index (χ0) is 46.8. The fourth-order valence-corrected chi connectivity index (χ4v) is 8.84. The average Bonchev–Trinajstić information content (AvgIpc) is 3.28. The van der Waals surface area contributed by atoms with Gasteiger partial charge in [-0.2, -0.15) is 0 Å². The molecule has 1 unspecified atom stereocenters. The van der Waals surface area contributed by atoms with Crippen LogP contribution >= 0.6 is 0 Å². The van der Waals surface area contributed by atoms with Gasteiger partial charge < -0.3 is 14.2 Å². The molecular formula is C58H112O6. The van der Waals surface area contributed by atoms with E-state index in [1.165, 1.54) is 212 Å². The molecule has 6 nitrogen and oxygen atoms in total. The van der Waals surface area contributed by atoms with Crippen LogP contribution in [0.2, 0.25) is 0 Å². The summed E-state index contributed by atoms with van der Waals surface area (Å²) in [7, 11) is 0. The molecular weight excluding hydrogens is 793 g/mol. The molecule has 0 saturated carbocycles. The minimum atomic E-state index is -0.763. The molecule has 0 aliphatic heterocycles. The van der Waals surface area contributed by atoms with E-state index in [4.69, 9.17) is 14.2 Å². The SMILES string of the molecule is CCCCCCCCCCCCCCCCCCCCCC(=O)OC[C@H](COC(=O)CCCCCCCCCCC(C)CC)OC(=O)CCCCCCCCCCCCCCC(C)C. The van der Waals surface area contributed by atoms with Crippen molar-refractivity contribution < 1.29 is 28.6 Å². The Morgan fingerprint density at radius 2 is 0.594 bits per heavy atom. The van der Waals surface area contributed by atoms with Gasteiger partial charge in [-0.25, -0.2) is 0 Å². The number of rotatable bonds is 52. The first-order chi connectivity index (χ1) is 31.3. The van der Waals surface area contributed by atoms with Crippen molar-refractivity contribution in [1.82, 2.24) is 0 Å². The van der Waals surface area contributed by atoms with Crippen LogP contribution in [0.5, 0.6) is 0 Å². The summed E-state index contributed by atoms with van der Waals surface area (Å²) in [4.78, 5) is 38.1. The number of hydrogen-bond donors (Lipinski definition) is 0. The number of esters is 3. The minimum absolute atomic E-state index is 0.0632. The van der Waals surface area contributed by atoms with Crippen molar-refractivity contribution >= 4 is 17.9 Å². The maximum atomic E-state index is 12.8. The maximum Gasteiger partial charge on any atom is 0.306 e. The third kappa shape index (κ3) is 49.8. The smallest absolute Gasteiger partial charge is 0.306 e. The highest BCUT2D eigenvalue weighted by atomic mass is 16.6. The standard InChI is InChI=1S/C58H112O6/c1-6-8-9-10-11-12-13-14-15-16-17-18-19-20-24-27-33-38-43-48-56(59)62-51-55(52-63-57(60)49-44-39-34-30-29-32-37-42-47-54(5)7-2)64-58(61)50-45-40-35-28-25-22-21-23-26-31-36-41-46-53(3)4/h53-55H,6-52H2,1-5H3/t54?,55-/m1/s1. The van der Waals surface area contributed by atoms with Crippen LogP contribution in [0.15, 0.2) is 0 Å². The van der Waals surface area contributed by atoms with Gasteiger partial charge >= 0.3 is 17.9 Å². The second-order valence-electron chi connectivity index (χ2n) is 20.6. The van der Waals surface area contributed by atoms with Gasteiger partial charge in [0.15, 0.2) is 6.10 Å². The van der Waals surface area contributed by atoms with Crippen LogP contribution < -0.4 is 0 Å². The number of unbranched alkanes of at least 4 members (excludes halogenated alkanes) is 36. The molecule has 0 aliphatic rings. The van der Waals surface area contributed by atoms with Crippen LogP contribution in [-0.2, 0) is 28.6 Å². The predicted octanol–water partition coefficient (Wildman–Crippen LogP) is 18.9. The topological polar surface area (TPSA) is 78.9 Å². The van der Waals surface area contributed by atoms with Crippen molar-refractivity contribution in [2.75, 3.05) is 13.2 Å². The lowest BCUT2D eigenvalue weighted by Gasteiger charge is -2.18. The van der Waals surface area contributed by atoms with Crippen molar-refractivity contribution in [2.24, 2.45) is 11.8 Å².